The number of rotatable bonds is 15. The molecule has 9 nitrogen and oxygen atoms in total. The molecule has 47 heavy (non-hydrogen) atoms. The molecule has 0 unspecified atom stereocenters. The molecule has 0 saturated carbocycles. The van der Waals surface area contributed by atoms with Crippen LogP contribution in [0.25, 0.3) is 17.5 Å². The number of nitrogens with two attached hydrogens (primary N) is 2. The third-order valence-corrected chi connectivity index (χ3v) is 6.55. The standard InChI is InChI=1S/C27H36Cl2N6O3.C5H8.2C2H6/c1-4-18(5-2)11-13-35-22(17-24(34-35)19-14-20(28)16-21(29)15-19)8-6-10-25(36)33-23(26(37)38-3)9-7-12-32-27(30)31;1-3-5-4-2;2*1-2/h4,11,13-17,23H,5-10,12H2,1-3H3,(H,33,36)(H4,30,31,32);3-5H,1H2,2H3;2*1-2H3/b13-11+,18-4+;5-4+;;/t23-;;;/m0.../s1. The Kier molecular flexibility index (Phi) is 27.4. The van der Waals surface area contributed by atoms with Gasteiger partial charge in [0.25, 0.3) is 0 Å². The van der Waals surface area contributed by atoms with Crippen LogP contribution in [-0.4, -0.2) is 47.3 Å². The number of amides is 1. The number of aliphatic imine (C=N–C) groups is 1. The Morgan fingerprint density at radius 1 is 1.09 bits per heavy atom. The molecule has 0 aliphatic heterocycles. The molecule has 0 bridgehead atoms. The van der Waals surface area contributed by atoms with Crippen molar-refractivity contribution in [3.05, 3.63) is 82.5 Å². The van der Waals surface area contributed by atoms with Crippen molar-refractivity contribution >= 4 is 47.2 Å². The maximum absolute atomic E-state index is 12.6. The summed E-state index contributed by atoms with van der Waals surface area (Å²) >= 11 is 12.4. The second kappa shape index (κ2) is 28.4. The Morgan fingerprint density at radius 3 is 2.21 bits per heavy atom. The monoisotopic (exact) mass is 690 g/mol. The minimum Gasteiger partial charge on any atom is -0.467 e. The fourth-order valence-electron chi connectivity index (χ4n) is 3.90. The maximum Gasteiger partial charge on any atom is 0.328 e. The molecule has 0 fully saturated rings. The summed E-state index contributed by atoms with van der Waals surface area (Å²) in [6, 6.07) is 6.50. The van der Waals surface area contributed by atoms with Gasteiger partial charge in [0.2, 0.25) is 5.91 Å². The molecule has 1 atom stereocenters. The van der Waals surface area contributed by atoms with Gasteiger partial charge in [0, 0.05) is 40.5 Å². The zero-order valence-corrected chi connectivity index (χ0v) is 31.0. The Labute approximate surface area is 292 Å². The first-order valence-corrected chi connectivity index (χ1v) is 16.9. The predicted molar refractivity (Wildman–Crippen MR) is 202 cm³/mol. The van der Waals surface area contributed by atoms with Crippen LogP contribution in [-0.2, 0) is 20.7 Å². The van der Waals surface area contributed by atoms with Crippen LogP contribution in [0.4, 0.5) is 0 Å². The highest BCUT2D eigenvalue weighted by Crippen LogP contribution is 2.27. The minimum absolute atomic E-state index is 0.0176. The Morgan fingerprint density at radius 2 is 1.72 bits per heavy atom. The fraction of sp³-hybridized carbons (Fsp3) is 0.444. The highest BCUT2D eigenvalue weighted by molar-refractivity contribution is 6.35. The van der Waals surface area contributed by atoms with Gasteiger partial charge < -0.3 is 21.5 Å². The number of allylic oxidation sites excluding steroid dienone is 6. The first-order valence-electron chi connectivity index (χ1n) is 16.1. The lowest BCUT2D eigenvalue weighted by Gasteiger charge is -2.16. The zero-order valence-electron chi connectivity index (χ0n) is 29.5. The molecule has 5 N–H and O–H groups in total. The van der Waals surface area contributed by atoms with Crippen LogP contribution in [0.1, 0.15) is 86.3 Å². The molecule has 1 aromatic heterocycles. The van der Waals surface area contributed by atoms with Crippen molar-refractivity contribution in [2.45, 2.75) is 93.0 Å². The van der Waals surface area contributed by atoms with Crippen molar-refractivity contribution in [3.8, 4) is 11.3 Å². The van der Waals surface area contributed by atoms with E-state index in [0.29, 0.717) is 42.3 Å². The lowest BCUT2D eigenvalue weighted by Crippen LogP contribution is -2.41. The average Bonchev–Trinajstić information content (AvgIpc) is 3.47. The number of nitrogens with one attached hydrogen (secondary N) is 1. The normalized spacial score (nSPS) is 11.2. The maximum atomic E-state index is 12.6. The van der Waals surface area contributed by atoms with Crippen molar-refractivity contribution in [1.82, 2.24) is 15.1 Å². The van der Waals surface area contributed by atoms with Crippen LogP contribution in [0.5, 0.6) is 0 Å². The number of ether oxygens (including phenoxy) is 1. The first kappa shape index (κ1) is 45.3. The van der Waals surface area contributed by atoms with Crippen LogP contribution >= 0.6 is 23.2 Å². The zero-order chi connectivity index (χ0) is 36.2. The van der Waals surface area contributed by atoms with Crippen LogP contribution in [0.3, 0.4) is 0 Å². The van der Waals surface area contributed by atoms with E-state index in [-0.39, 0.29) is 18.3 Å². The van der Waals surface area contributed by atoms with Gasteiger partial charge >= 0.3 is 5.97 Å². The molecule has 0 saturated heterocycles. The van der Waals surface area contributed by atoms with Crippen LogP contribution in [0, 0.1) is 0 Å². The number of aromatic nitrogens is 2. The summed E-state index contributed by atoms with van der Waals surface area (Å²) in [5, 5.41) is 8.54. The SMILES string of the molecule is C/C=C(/C=C/n1nc(-c2cc(Cl)cc(Cl)c2)cc1CCCC(=O)N[C@@H](CCCN=C(N)N)C(=O)OC)CC.C=C/C=C/C.CC.CC. The molecule has 0 radical (unpaired) electrons. The topological polar surface area (TPSA) is 138 Å². The minimum atomic E-state index is -0.761. The van der Waals surface area contributed by atoms with E-state index >= 15 is 0 Å². The molecule has 262 valence electrons. The highest BCUT2D eigenvalue weighted by Gasteiger charge is 2.21. The van der Waals surface area contributed by atoms with Gasteiger partial charge in [-0.2, -0.15) is 5.10 Å². The average molecular weight is 692 g/mol. The number of hydrogen-bond acceptors (Lipinski definition) is 5. The largest absolute Gasteiger partial charge is 0.467 e. The number of nitrogens with zero attached hydrogens (tertiary/aromatic N) is 3. The van der Waals surface area contributed by atoms with Gasteiger partial charge in [-0.15, -0.1) is 0 Å². The van der Waals surface area contributed by atoms with Crippen molar-refractivity contribution < 1.29 is 14.3 Å². The Hall–Kier alpha value is -3.82. The van der Waals surface area contributed by atoms with Gasteiger partial charge in [-0.05, 0) is 76.3 Å². The number of halogens is 2. The van der Waals surface area contributed by atoms with Gasteiger partial charge in [0.05, 0.1) is 12.8 Å². The van der Waals surface area contributed by atoms with Gasteiger partial charge in [-0.3, -0.25) is 9.79 Å². The molecular formula is C36H56Cl2N6O3. The van der Waals surface area contributed by atoms with Crippen molar-refractivity contribution in [3.63, 3.8) is 0 Å². The van der Waals surface area contributed by atoms with Crippen LogP contribution < -0.4 is 16.8 Å². The summed E-state index contributed by atoms with van der Waals surface area (Å²) in [5.74, 6) is -0.768. The lowest BCUT2D eigenvalue weighted by atomic mass is 10.1. The van der Waals surface area contributed by atoms with Crippen molar-refractivity contribution in [2.24, 2.45) is 16.5 Å². The van der Waals surface area contributed by atoms with E-state index in [2.05, 4.69) is 29.9 Å². The molecule has 0 aliphatic carbocycles. The van der Waals surface area contributed by atoms with E-state index < -0.39 is 12.0 Å². The smallest absolute Gasteiger partial charge is 0.328 e. The second-order valence-electron chi connectivity index (χ2n) is 9.36. The number of methoxy groups -OCH3 is 1. The quantitative estimate of drug-likeness (QED) is 0.0563. The van der Waals surface area contributed by atoms with Gasteiger partial charge in [0.1, 0.15) is 6.04 Å². The summed E-state index contributed by atoms with van der Waals surface area (Å²) in [6.07, 6.45) is 14.7. The molecule has 2 aromatic rings. The summed E-state index contributed by atoms with van der Waals surface area (Å²) in [6.45, 7) is 17.9. The molecule has 1 heterocycles. The number of carbonyl (C=O) groups is 2. The van der Waals surface area contributed by atoms with Crippen molar-refractivity contribution in [1.29, 1.82) is 0 Å². The van der Waals surface area contributed by atoms with E-state index in [1.165, 1.54) is 12.7 Å². The Bertz CT molecular complexity index is 1290. The van der Waals surface area contributed by atoms with Gasteiger partial charge in [-0.1, -0.05) is 94.3 Å². The molecular weight excluding hydrogens is 635 g/mol. The number of hydrogen-bond donors (Lipinski definition) is 3. The summed E-state index contributed by atoms with van der Waals surface area (Å²) in [7, 11) is 1.29. The number of esters is 1. The van der Waals surface area contributed by atoms with Crippen LogP contribution in [0.15, 0.2) is 71.8 Å². The van der Waals surface area contributed by atoms with E-state index in [1.54, 1.807) is 12.1 Å². The van der Waals surface area contributed by atoms with Gasteiger partial charge in [0.15, 0.2) is 5.96 Å². The number of aryl methyl sites for hydroxylation is 1. The Balaban J connectivity index is 0. The number of carbonyl (C=O) groups excluding carboxylic acids is 2. The molecule has 1 amide bonds. The summed E-state index contributed by atoms with van der Waals surface area (Å²) < 4.78 is 6.63. The molecule has 1 aromatic carbocycles. The van der Waals surface area contributed by atoms with E-state index in [4.69, 9.17) is 44.5 Å². The van der Waals surface area contributed by atoms with E-state index in [0.717, 1.165) is 23.4 Å². The first-order chi connectivity index (χ1) is 22.6. The van der Waals surface area contributed by atoms with Crippen molar-refractivity contribution in [2.75, 3.05) is 13.7 Å². The van der Waals surface area contributed by atoms with E-state index in [9.17, 15) is 9.59 Å². The third-order valence-electron chi connectivity index (χ3n) is 6.11. The van der Waals surface area contributed by atoms with Crippen LogP contribution in [0.2, 0.25) is 10.0 Å². The molecule has 11 heteroatoms. The number of guanidine groups is 1. The summed E-state index contributed by atoms with van der Waals surface area (Å²) in [5.41, 5.74) is 14.3. The summed E-state index contributed by atoms with van der Waals surface area (Å²) in [4.78, 5) is 28.6. The fourth-order valence-corrected chi connectivity index (χ4v) is 4.43. The van der Waals surface area contributed by atoms with E-state index in [1.807, 2.05) is 88.9 Å². The van der Waals surface area contributed by atoms with Gasteiger partial charge in [-0.25, -0.2) is 9.48 Å². The predicted octanol–water partition coefficient (Wildman–Crippen LogP) is 8.52. The third kappa shape index (κ3) is 20.1. The number of benzene rings is 1. The second-order valence-corrected chi connectivity index (χ2v) is 10.2. The highest BCUT2D eigenvalue weighted by atomic mass is 35.5. The molecule has 0 aliphatic rings. The lowest BCUT2D eigenvalue weighted by molar-refractivity contribution is -0.145. The molecule has 0 spiro atoms. The molecule has 2 rings (SSSR count).